The van der Waals surface area contributed by atoms with Crippen molar-refractivity contribution in [2.45, 2.75) is 43.9 Å². The number of carbonyl (C=O) groups excluding carboxylic acids is 1. The Morgan fingerprint density at radius 2 is 1.83 bits per heavy atom. The second-order valence-electron chi connectivity index (χ2n) is 7.59. The van der Waals surface area contributed by atoms with Gasteiger partial charge in [-0.25, -0.2) is 18.4 Å². The van der Waals surface area contributed by atoms with E-state index in [9.17, 15) is 13.2 Å². The molecule has 2 aromatic rings. The summed E-state index contributed by atoms with van der Waals surface area (Å²) < 4.78 is 29.8. The van der Waals surface area contributed by atoms with Crippen molar-refractivity contribution < 1.29 is 17.9 Å². The molecule has 0 atom stereocenters. The van der Waals surface area contributed by atoms with E-state index in [-0.39, 0.29) is 17.2 Å². The van der Waals surface area contributed by atoms with E-state index in [2.05, 4.69) is 20.2 Å². The molecule has 1 fully saturated rings. The van der Waals surface area contributed by atoms with Crippen LogP contribution in [0, 0.1) is 6.92 Å². The monoisotopic (exact) mass is 432 g/mol. The number of morpholine rings is 1. The summed E-state index contributed by atoms with van der Waals surface area (Å²) >= 11 is 0. The number of carbonyl (C=O) groups is 1. The minimum absolute atomic E-state index is 0.154. The van der Waals surface area contributed by atoms with Crippen LogP contribution in [-0.4, -0.2) is 55.8 Å². The number of anilines is 1. The van der Waals surface area contributed by atoms with Crippen LogP contribution in [0.4, 0.5) is 5.95 Å². The van der Waals surface area contributed by atoms with Crippen LogP contribution in [0.5, 0.6) is 0 Å². The van der Waals surface area contributed by atoms with Crippen LogP contribution in [0.2, 0.25) is 0 Å². The van der Waals surface area contributed by atoms with Gasteiger partial charge in [0.2, 0.25) is 11.9 Å². The molecule has 1 saturated heterocycles. The molecule has 30 heavy (non-hydrogen) atoms. The number of hydrogen-bond donors (Lipinski definition) is 1. The van der Waals surface area contributed by atoms with Crippen LogP contribution in [0.15, 0.2) is 35.2 Å². The quantitative estimate of drug-likeness (QED) is 0.710. The summed E-state index contributed by atoms with van der Waals surface area (Å²) in [7, 11) is -3.31. The maximum atomic E-state index is 12.3. The van der Waals surface area contributed by atoms with E-state index in [0.717, 1.165) is 30.0 Å². The number of ether oxygens (including phenoxy) is 1. The van der Waals surface area contributed by atoms with Crippen LogP contribution in [0.25, 0.3) is 0 Å². The molecule has 0 unspecified atom stereocenters. The van der Waals surface area contributed by atoms with Crippen LogP contribution in [-0.2, 0) is 32.3 Å². The molecule has 1 aromatic heterocycles. The number of aromatic nitrogens is 2. The van der Waals surface area contributed by atoms with Gasteiger partial charge in [0.05, 0.1) is 42.0 Å². The van der Waals surface area contributed by atoms with Gasteiger partial charge < -0.3 is 15.0 Å². The predicted molar refractivity (Wildman–Crippen MR) is 114 cm³/mol. The number of nitrogens with zero attached hydrogens (tertiary/aromatic N) is 3. The van der Waals surface area contributed by atoms with Gasteiger partial charge in [-0.1, -0.05) is 12.1 Å². The van der Waals surface area contributed by atoms with Crippen molar-refractivity contribution in [3.05, 3.63) is 47.3 Å². The second-order valence-corrected chi connectivity index (χ2v) is 10.1. The Hall–Kier alpha value is -2.52. The van der Waals surface area contributed by atoms with E-state index in [0.29, 0.717) is 25.7 Å². The van der Waals surface area contributed by atoms with Gasteiger partial charge in [-0.15, -0.1) is 0 Å². The molecule has 0 saturated carbocycles. The average Bonchev–Trinajstić information content (AvgIpc) is 2.73. The largest absolute Gasteiger partial charge is 0.378 e. The van der Waals surface area contributed by atoms with Gasteiger partial charge in [0.1, 0.15) is 0 Å². The van der Waals surface area contributed by atoms with Crippen molar-refractivity contribution in [2.24, 2.45) is 0 Å². The number of aryl methyl sites for hydroxylation is 1. The maximum Gasteiger partial charge on any atom is 0.225 e. The summed E-state index contributed by atoms with van der Waals surface area (Å²) in [6.07, 6.45) is 0.169. The summed E-state index contributed by atoms with van der Waals surface area (Å²) in [5, 5.41) is 2.40. The Balaban J connectivity index is 1.59. The fourth-order valence-electron chi connectivity index (χ4n) is 3.12. The third kappa shape index (κ3) is 5.54. The van der Waals surface area contributed by atoms with Crippen LogP contribution >= 0.6 is 0 Å². The van der Waals surface area contributed by atoms with E-state index >= 15 is 0 Å². The summed E-state index contributed by atoms with van der Waals surface area (Å²) in [5.41, 5.74) is 2.34. The zero-order valence-corrected chi connectivity index (χ0v) is 18.4. The Bertz CT molecular complexity index is 985. The third-order valence-corrected chi connectivity index (χ3v) is 7.06. The molecule has 0 radical (unpaired) electrons. The molecule has 1 aliphatic heterocycles. The second kappa shape index (κ2) is 9.53. The fourth-order valence-corrected chi connectivity index (χ4v) is 4.18. The van der Waals surface area contributed by atoms with E-state index < -0.39 is 15.1 Å². The van der Waals surface area contributed by atoms with Crippen molar-refractivity contribution in [2.75, 3.05) is 31.2 Å². The van der Waals surface area contributed by atoms with Crippen LogP contribution < -0.4 is 10.2 Å². The molecule has 9 heteroatoms. The lowest BCUT2D eigenvalue weighted by atomic mass is 10.1. The van der Waals surface area contributed by atoms with E-state index in [1.165, 1.54) is 0 Å². The highest BCUT2D eigenvalue weighted by atomic mass is 32.2. The van der Waals surface area contributed by atoms with Crippen LogP contribution in [0.1, 0.15) is 30.8 Å². The Labute approximate surface area is 177 Å². The van der Waals surface area contributed by atoms with Gasteiger partial charge in [0.15, 0.2) is 9.84 Å². The van der Waals surface area contributed by atoms with Crippen molar-refractivity contribution in [1.29, 1.82) is 0 Å². The predicted octanol–water partition coefficient (Wildman–Crippen LogP) is 1.66. The summed E-state index contributed by atoms with van der Waals surface area (Å²) in [5.74, 6) is 0.503. The van der Waals surface area contributed by atoms with Gasteiger partial charge in [-0.05, 0) is 44.5 Å². The minimum Gasteiger partial charge on any atom is -0.378 e. The standard InChI is InChI=1S/C21H28N4O4S/c1-15(2)30(27,28)19-6-4-17(5-7-19)13-20(26)22-14-18-12-16(3)23-21(24-18)25-8-10-29-11-9-25/h4-7,12,15H,8-11,13-14H2,1-3H3,(H,22,26). The first-order chi connectivity index (χ1) is 14.3. The molecule has 0 aliphatic carbocycles. The molecular weight excluding hydrogens is 404 g/mol. The SMILES string of the molecule is Cc1cc(CNC(=O)Cc2ccc(S(=O)(=O)C(C)C)cc2)nc(N2CCOCC2)n1. The third-order valence-electron chi connectivity index (χ3n) is 4.89. The molecule has 1 amide bonds. The number of benzene rings is 1. The fraction of sp³-hybridized carbons (Fsp3) is 0.476. The molecular formula is C21H28N4O4S. The zero-order chi connectivity index (χ0) is 21.7. The Morgan fingerprint density at radius 1 is 1.17 bits per heavy atom. The maximum absolute atomic E-state index is 12.3. The Kier molecular flexibility index (Phi) is 7.04. The van der Waals surface area contributed by atoms with Crippen LogP contribution in [0.3, 0.4) is 0 Å². The lowest BCUT2D eigenvalue weighted by Crippen LogP contribution is -2.37. The molecule has 3 rings (SSSR count). The lowest BCUT2D eigenvalue weighted by Gasteiger charge is -2.27. The van der Waals surface area contributed by atoms with Crippen molar-refractivity contribution in [3.8, 4) is 0 Å². The normalized spacial score (nSPS) is 14.7. The van der Waals surface area contributed by atoms with Crippen molar-refractivity contribution >= 4 is 21.7 Å². The van der Waals surface area contributed by atoms with Crippen molar-refractivity contribution in [3.63, 3.8) is 0 Å². The first-order valence-corrected chi connectivity index (χ1v) is 11.6. The van der Waals surface area contributed by atoms with Gasteiger partial charge in [0.25, 0.3) is 0 Å². The summed E-state index contributed by atoms with van der Waals surface area (Å²) in [4.78, 5) is 23.8. The van der Waals surface area contributed by atoms with E-state index in [4.69, 9.17) is 4.74 Å². The highest BCUT2D eigenvalue weighted by Crippen LogP contribution is 2.17. The Morgan fingerprint density at radius 3 is 2.47 bits per heavy atom. The highest BCUT2D eigenvalue weighted by molar-refractivity contribution is 7.92. The van der Waals surface area contributed by atoms with Gasteiger partial charge >= 0.3 is 0 Å². The first kappa shape index (κ1) is 22.2. The molecule has 1 aromatic carbocycles. The van der Waals surface area contributed by atoms with Gasteiger partial charge in [-0.2, -0.15) is 0 Å². The molecule has 1 N–H and O–H groups in total. The number of rotatable bonds is 7. The molecule has 162 valence electrons. The average molecular weight is 433 g/mol. The molecule has 0 spiro atoms. The molecule has 8 nitrogen and oxygen atoms in total. The summed E-state index contributed by atoms with van der Waals surface area (Å²) in [6, 6.07) is 8.33. The van der Waals surface area contributed by atoms with Gasteiger partial charge in [-0.3, -0.25) is 4.79 Å². The first-order valence-electron chi connectivity index (χ1n) is 10.0. The molecule has 2 heterocycles. The number of hydrogen-bond acceptors (Lipinski definition) is 7. The number of amides is 1. The zero-order valence-electron chi connectivity index (χ0n) is 17.6. The molecule has 0 bridgehead atoms. The topological polar surface area (TPSA) is 101 Å². The minimum atomic E-state index is -3.31. The number of sulfone groups is 1. The smallest absolute Gasteiger partial charge is 0.225 e. The van der Waals surface area contributed by atoms with Gasteiger partial charge in [0, 0.05) is 18.8 Å². The molecule has 1 aliphatic rings. The van der Waals surface area contributed by atoms with Crippen molar-refractivity contribution in [1.82, 2.24) is 15.3 Å². The number of nitrogens with one attached hydrogen (secondary N) is 1. The summed E-state index contributed by atoms with van der Waals surface area (Å²) in [6.45, 7) is 8.31. The lowest BCUT2D eigenvalue weighted by molar-refractivity contribution is -0.120. The highest BCUT2D eigenvalue weighted by Gasteiger charge is 2.19. The van der Waals surface area contributed by atoms with E-state index in [1.807, 2.05) is 13.0 Å². The van der Waals surface area contributed by atoms with E-state index in [1.54, 1.807) is 38.1 Å².